The number of fused-ring (bicyclic) bond motifs is 3. The number of carbonyl (C=O) groups is 1. The van der Waals surface area contributed by atoms with Crippen LogP contribution < -0.4 is 11.0 Å². The number of carbonyl (C=O) groups excluding carboxylic acids is 1. The number of nitrogens with one attached hydrogen (secondary N) is 1. The van der Waals surface area contributed by atoms with Crippen molar-refractivity contribution >= 4 is 38.7 Å². The first kappa shape index (κ1) is 20.2. The van der Waals surface area contributed by atoms with E-state index < -0.39 is 5.69 Å². The zero-order valence-electron chi connectivity index (χ0n) is 17.4. The summed E-state index contributed by atoms with van der Waals surface area (Å²) in [6.45, 7) is 3.93. The summed E-state index contributed by atoms with van der Waals surface area (Å²) in [6.07, 6.45) is 3.32. The third-order valence-electron chi connectivity index (χ3n) is 5.44. The molecule has 0 aliphatic carbocycles. The number of amides is 1. The molecular formula is C23H19BrN6O2. The Balaban J connectivity index is 1.51. The van der Waals surface area contributed by atoms with E-state index in [9.17, 15) is 9.59 Å². The second kappa shape index (κ2) is 7.76. The van der Waals surface area contributed by atoms with Gasteiger partial charge in [0.05, 0.1) is 11.4 Å². The van der Waals surface area contributed by atoms with E-state index in [2.05, 4.69) is 57.4 Å². The van der Waals surface area contributed by atoms with Crippen LogP contribution >= 0.6 is 15.9 Å². The molecule has 32 heavy (non-hydrogen) atoms. The Morgan fingerprint density at radius 1 is 1.03 bits per heavy atom. The monoisotopic (exact) mass is 490 g/mol. The molecule has 0 aliphatic heterocycles. The van der Waals surface area contributed by atoms with E-state index in [-0.39, 0.29) is 12.5 Å². The zero-order valence-corrected chi connectivity index (χ0v) is 19.0. The van der Waals surface area contributed by atoms with Gasteiger partial charge in [-0.25, -0.2) is 18.4 Å². The molecule has 0 saturated heterocycles. The lowest BCUT2D eigenvalue weighted by atomic mass is 10.0. The van der Waals surface area contributed by atoms with E-state index in [0.29, 0.717) is 16.9 Å². The summed E-state index contributed by atoms with van der Waals surface area (Å²) in [5.74, 6) is -0.345. The molecule has 1 N–H and O–H groups in total. The van der Waals surface area contributed by atoms with Gasteiger partial charge in [-0.05, 0) is 65.2 Å². The van der Waals surface area contributed by atoms with Crippen molar-refractivity contribution in [3.05, 3.63) is 87.0 Å². The molecule has 5 rings (SSSR count). The summed E-state index contributed by atoms with van der Waals surface area (Å²) in [5, 5.41) is 11.8. The maximum Gasteiger partial charge on any atom is 0.350 e. The maximum absolute atomic E-state index is 12.8. The van der Waals surface area contributed by atoms with E-state index in [1.165, 1.54) is 15.5 Å². The van der Waals surface area contributed by atoms with Gasteiger partial charge < -0.3 is 5.32 Å². The van der Waals surface area contributed by atoms with Gasteiger partial charge in [0, 0.05) is 22.4 Å². The smallest absolute Gasteiger partial charge is 0.323 e. The third-order valence-corrected chi connectivity index (χ3v) is 6.13. The molecule has 5 aromatic rings. The molecule has 0 bridgehead atoms. The minimum atomic E-state index is -0.390. The van der Waals surface area contributed by atoms with Crippen LogP contribution in [0.5, 0.6) is 0 Å². The third kappa shape index (κ3) is 3.50. The van der Waals surface area contributed by atoms with Crippen molar-refractivity contribution < 1.29 is 4.79 Å². The Labute approximate surface area is 191 Å². The Bertz CT molecular complexity index is 1560. The molecule has 3 aromatic heterocycles. The van der Waals surface area contributed by atoms with Crippen molar-refractivity contribution in [3.8, 4) is 11.3 Å². The molecule has 0 aliphatic rings. The molecule has 2 aromatic carbocycles. The van der Waals surface area contributed by atoms with E-state index in [1.807, 2.05) is 30.3 Å². The zero-order chi connectivity index (χ0) is 22.4. The minimum absolute atomic E-state index is 0.202. The van der Waals surface area contributed by atoms with Crippen LogP contribution in [0.3, 0.4) is 0 Å². The summed E-state index contributed by atoms with van der Waals surface area (Å²) in [6, 6.07) is 15.4. The van der Waals surface area contributed by atoms with Crippen molar-refractivity contribution in [2.24, 2.45) is 0 Å². The van der Waals surface area contributed by atoms with Crippen molar-refractivity contribution in [2.75, 3.05) is 5.32 Å². The molecule has 1 amide bonds. The van der Waals surface area contributed by atoms with Gasteiger partial charge in [0.2, 0.25) is 5.91 Å². The van der Waals surface area contributed by atoms with Crippen LogP contribution in [0.1, 0.15) is 11.1 Å². The number of rotatable bonds is 4. The molecule has 160 valence electrons. The van der Waals surface area contributed by atoms with E-state index in [0.717, 1.165) is 20.4 Å². The standard InChI is InChI=1S/C23H19BrN6O2/c1-14-7-8-16(11-15(14)2)19-12-20-22-27-30(23(32)28(22)9-10-29(20)26-19)13-21(31)25-18-6-4-3-5-17(18)24/h3-12H,13H2,1-2H3,(H,25,31). The fourth-order valence-corrected chi connectivity index (χ4v) is 3.95. The Kier molecular flexibility index (Phi) is 4.90. The number of aryl methyl sites for hydroxylation is 2. The number of anilines is 1. The molecule has 3 heterocycles. The van der Waals surface area contributed by atoms with Crippen molar-refractivity contribution in [2.45, 2.75) is 20.4 Å². The normalized spacial score (nSPS) is 11.3. The second-order valence-corrected chi connectivity index (χ2v) is 8.47. The number of nitrogens with zero attached hydrogens (tertiary/aromatic N) is 5. The average molecular weight is 491 g/mol. The summed E-state index contributed by atoms with van der Waals surface area (Å²) in [4.78, 5) is 25.3. The van der Waals surface area contributed by atoms with Crippen LogP contribution in [0.15, 0.2) is 70.2 Å². The first-order valence-corrected chi connectivity index (χ1v) is 10.8. The molecule has 0 unspecified atom stereocenters. The number of hydrogen-bond acceptors (Lipinski definition) is 4. The first-order valence-electron chi connectivity index (χ1n) is 10.0. The predicted octanol–water partition coefficient (Wildman–Crippen LogP) is 3.83. The highest BCUT2D eigenvalue weighted by molar-refractivity contribution is 9.10. The maximum atomic E-state index is 12.8. The highest BCUT2D eigenvalue weighted by Gasteiger charge is 2.16. The van der Waals surface area contributed by atoms with Gasteiger partial charge in [-0.1, -0.05) is 24.3 Å². The molecule has 0 atom stereocenters. The van der Waals surface area contributed by atoms with Gasteiger partial charge in [-0.3, -0.25) is 4.79 Å². The lowest BCUT2D eigenvalue weighted by Crippen LogP contribution is -2.28. The van der Waals surface area contributed by atoms with Gasteiger partial charge in [-0.2, -0.15) is 5.10 Å². The number of halogens is 1. The summed E-state index contributed by atoms with van der Waals surface area (Å²) >= 11 is 3.40. The summed E-state index contributed by atoms with van der Waals surface area (Å²) < 4.78 is 5.03. The van der Waals surface area contributed by atoms with Crippen LogP contribution in [0.25, 0.3) is 22.4 Å². The van der Waals surface area contributed by atoms with E-state index >= 15 is 0 Å². The lowest BCUT2D eigenvalue weighted by Gasteiger charge is -2.06. The fourth-order valence-electron chi connectivity index (χ4n) is 3.57. The van der Waals surface area contributed by atoms with E-state index in [1.54, 1.807) is 23.0 Å². The van der Waals surface area contributed by atoms with E-state index in [4.69, 9.17) is 0 Å². The van der Waals surface area contributed by atoms with Crippen LogP contribution in [0.4, 0.5) is 5.69 Å². The van der Waals surface area contributed by atoms with Gasteiger partial charge >= 0.3 is 5.69 Å². The van der Waals surface area contributed by atoms with Crippen molar-refractivity contribution in [3.63, 3.8) is 0 Å². The molecular weight excluding hydrogens is 472 g/mol. The Morgan fingerprint density at radius 3 is 2.62 bits per heavy atom. The largest absolute Gasteiger partial charge is 0.350 e. The molecule has 9 heteroatoms. The lowest BCUT2D eigenvalue weighted by molar-refractivity contribution is -0.117. The van der Waals surface area contributed by atoms with Crippen LogP contribution in [0, 0.1) is 13.8 Å². The number of benzene rings is 2. The molecule has 8 nitrogen and oxygen atoms in total. The Hall–Kier alpha value is -3.72. The van der Waals surface area contributed by atoms with Gasteiger partial charge in [0.15, 0.2) is 5.65 Å². The quantitative estimate of drug-likeness (QED) is 0.414. The predicted molar refractivity (Wildman–Crippen MR) is 126 cm³/mol. The Morgan fingerprint density at radius 2 is 1.84 bits per heavy atom. The number of hydrogen-bond donors (Lipinski definition) is 1. The average Bonchev–Trinajstić information content (AvgIpc) is 3.33. The van der Waals surface area contributed by atoms with Crippen LogP contribution in [-0.4, -0.2) is 29.7 Å². The SMILES string of the molecule is Cc1ccc(-c2cc3c4nn(CC(=O)Nc5ccccc5Br)c(=O)n4ccn3n2)cc1C. The van der Waals surface area contributed by atoms with Crippen LogP contribution in [-0.2, 0) is 11.3 Å². The second-order valence-electron chi connectivity index (χ2n) is 7.62. The van der Waals surface area contributed by atoms with Gasteiger partial charge in [0.25, 0.3) is 0 Å². The highest BCUT2D eigenvalue weighted by atomic mass is 79.9. The van der Waals surface area contributed by atoms with Crippen LogP contribution in [0.2, 0.25) is 0 Å². The summed E-state index contributed by atoms with van der Waals surface area (Å²) in [5.41, 5.74) is 5.53. The minimum Gasteiger partial charge on any atom is -0.323 e. The van der Waals surface area contributed by atoms with Crippen molar-refractivity contribution in [1.82, 2.24) is 23.8 Å². The first-order chi connectivity index (χ1) is 15.4. The molecule has 0 radical (unpaired) electrons. The van der Waals surface area contributed by atoms with Gasteiger partial charge in [-0.15, -0.1) is 5.10 Å². The number of aromatic nitrogens is 5. The molecule has 0 saturated carbocycles. The highest BCUT2D eigenvalue weighted by Crippen LogP contribution is 2.24. The number of para-hydroxylation sites is 1. The summed E-state index contributed by atoms with van der Waals surface area (Å²) in [7, 11) is 0. The van der Waals surface area contributed by atoms with Crippen molar-refractivity contribution in [1.29, 1.82) is 0 Å². The molecule has 0 fully saturated rings. The fraction of sp³-hybridized carbons (Fsp3) is 0.130. The molecule has 0 spiro atoms. The topological polar surface area (TPSA) is 85.7 Å². The van der Waals surface area contributed by atoms with Gasteiger partial charge in [0.1, 0.15) is 12.1 Å².